The number of methoxy groups -OCH3 is 4. The summed E-state index contributed by atoms with van der Waals surface area (Å²) in [6.45, 7) is 1.45. The minimum Gasteiger partial charge on any atom is -0.493 e. The number of carbonyl (C=O) groups excluding carboxylic acids is 2. The first-order valence-electron chi connectivity index (χ1n) is 11.1. The molecule has 0 aliphatic carbocycles. The molecule has 37 heavy (non-hydrogen) atoms. The lowest BCUT2D eigenvalue weighted by molar-refractivity contribution is 0.0622. The predicted octanol–water partition coefficient (Wildman–Crippen LogP) is 5.18. The number of hydrogen-bond donors (Lipinski definition) is 0. The molecule has 3 aromatic rings. The fourth-order valence-corrected chi connectivity index (χ4v) is 4.71. The van der Waals surface area contributed by atoms with E-state index in [4.69, 9.17) is 42.1 Å². The molecule has 1 heterocycles. The molecular weight excluding hydrogens is 541 g/mol. The van der Waals surface area contributed by atoms with Crippen molar-refractivity contribution in [3.63, 3.8) is 0 Å². The van der Waals surface area contributed by atoms with Crippen molar-refractivity contribution in [3.05, 3.63) is 63.1 Å². The van der Waals surface area contributed by atoms with E-state index in [-0.39, 0.29) is 27.3 Å². The minimum atomic E-state index is -0.460. The van der Waals surface area contributed by atoms with Crippen molar-refractivity contribution < 1.29 is 28.5 Å². The van der Waals surface area contributed by atoms with Gasteiger partial charge in [-0.05, 0) is 30.3 Å². The van der Waals surface area contributed by atoms with E-state index in [9.17, 15) is 9.59 Å². The lowest BCUT2D eigenvalue weighted by atomic mass is 10.1. The van der Waals surface area contributed by atoms with Gasteiger partial charge in [-0.2, -0.15) is 0 Å². The van der Waals surface area contributed by atoms with E-state index in [1.807, 2.05) is 0 Å². The zero-order valence-electron chi connectivity index (χ0n) is 20.8. The summed E-state index contributed by atoms with van der Waals surface area (Å²) in [5.74, 6) is 0.141. The molecule has 0 spiro atoms. The number of carbonyl (C=O) groups is 2. The van der Waals surface area contributed by atoms with E-state index >= 15 is 0 Å². The molecule has 198 valence electrons. The summed E-state index contributed by atoms with van der Waals surface area (Å²) in [7, 11) is 6.15. The third-order valence-corrected chi connectivity index (χ3v) is 6.68. The minimum absolute atomic E-state index is 0.182. The maximum absolute atomic E-state index is 13.8. The average Bonchev–Trinajstić information content (AvgIpc) is 3.38. The Kier molecular flexibility index (Phi) is 10.5. The average molecular weight is 568 g/mol. The first-order chi connectivity index (χ1) is 17.8. The first-order valence-corrected chi connectivity index (χ1v) is 12.7. The van der Waals surface area contributed by atoms with E-state index in [1.165, 1.54) is 31.3 Å². The Morgan fingerprint density at radius 1 is 0.892 bits per heavy atom. The largest absolute Gasteiger partial charge is 0.493 e. The molecule has 9 nitrogen and oxygen atoms in total. The van der Waals surface area contributed by atoms with E-state index in [0.29, 0.717) is 48.5 Å². The van der Waals surface area contributed by atoms with Gasteiger partial charge < -0.3 is 23.8 Å². The van der Waals surface area contributed by atoms with Gasteiger partial charge in [-0.15, -0.1) is 11.3 Å². The van der Waals surface area contributed by atoms with Gasteiger partial charge in [-0.1, -0.05) is 23.2 Å². The van der Waals surface area contributed by atoms with Crippen LogP contribution in [0.5, 0.6) is 11.5 Å². The molecule has 0 aliphatic rings. The van der Waals surface area contributed by atoms with E-state index in [0.717, 1.165) is 11.3 Å². The molecule has 2 aromatic carbocycles. The molecule has 0 unspecified atom stereocenters. The maximum atomic E-state index is 13.8. The van der Waals surface area contributed by atoms with Gasteiger partial charge in [0.25, 0.3) is 11.8 Å². The smallest absolute Gasteiger partial charge is 0.273 e. The molecule has 12 heteroatoms. The molecule has 0 bridgehead atoms. The number of hydrogen-bond acceptors (Lipinski definition) is 8. The molecule has 0 saturated carbocycles. The zero-order valence-corrected chi connectivity index (χ0v) is 23.2. The number of aromatic nitrogens is 1. The van der Waals surface area contributed by atoms with Gasteiger partial charge in [0, 0.05) is 43.8 Å². The fraction of sp³-hybridized carbons (Fsp3) is 0.320. The number of amides is 2. The van der Waals surface area contributed by atoms with E-state index in [2.05, 4.69) is 4.98 Å². The lowest BCUT2D eigenvalue weighted by Crippen LogP contribution is -2.36. The Morgan fingerprint density at radius 3 is 2.16 bits per heavy atom. The van der Waals surface area contributed by atoms with Gasteiger partial charge in [0.05, 0.1) is 43.7 Å². The number of rotatable bonds is 12. The third kappa shape index (κ3) is 6.91. The molecule has 0 N–H and O–H groups in total. The molecule has 0 fully saturated rings. The molecule has 0 atom stereocenters. The Balaban J connectivity index is 2.05. The van der Waals surface area contributed by atoms with Crippen LogP contribution in [0.2, 0.25) is 10.0 Å². The Hall–Kier alpha value is -2.89. The highest BCUT2D eigenvalue weighted by Gasteiger charge is 2.28. The Bertz CT molecular complexity index is 1230. The highest BCUT2D eigenvalue weighted by atomic mass is 35.5. The Labute approximate surface area is 229 Å². The molecule has 2 amide bonds. The van der Waals surface area contributed by atoms with Crippen LogP contribution in [-0.2, 0) is 9.47 Å². The molecule has 3 rings (SSSR count). The van der Waals surface area contributed by atoms with Crippen molar-refractivity contribution in [3.8, 4) is 11.5 Å². The van der Waals surface area contributed by atoms with E-state index in [1.54, 1.807) is 48.8 Å². The topological polar surface area (TPSA) is 90.4 Å². The molecule has 0 radical (unpaired) electrons. The number of thiazole rings is 1. The molecule has 1 aromatic heterocycles. The van der Waals surface area contributed by atoms with Crippen LogP contribution in [-0.4, -0.2) is 76.4 Å². The van der Waals surface area contributed by atoms with E-state index < -0.39 is 5.91 Å². The maximum Gasteiger partial charge on any atom is 0.273 e. The van der Waals surface area contributed by atoms with Crippen LogP contribution in [0.1, 0.15) is 20.8 Å². The van der Waals surface area contributed by atoms with Crippen LogP contribution in [0.25, 0.3) is 0 Å². The van der Waals surface area contributed by atoms with Crippen molar-refractivity contribution in [1.82, 2.24) is 9.88 Å². The fourth-order valence-electron chi connectivity index (χ4n) is 3.41. The van der Waals surface area contributed by atoms with Gasteiger partial charge in [0.15, 0.2) is 16.6 Å². The van der Waals surface area contributed by atoms with Gasteiger partial charge in [0.1, 0.15) is 5.69 Å². The second-order valence-electron chi connectivity index (χ2n) is 7.60. The number of anilines is 2. The molecule has 0 aliphatic heterocycles. The predicted molar refractivity (Wildman–Crippen MR) is 144 cm³/mol. The van der Waals surface area contributed by atoms with Crippen LogP contribution in [0.4, 0.5) is 10.8 Å². The van der Waals surface area contributed by atoms with Gasteiger partial charge in [-0.25, -0.2) is 4.98 Å². The van der Waals surface area contributed by atoms with Crippen molar-refractivity contribution in [2.45, 2.75) is 0 Å². The third-order valence-electron chi connectivity index (χ3n) is 5.31. The number of ether oxygens (including phenoxy) is 4. The molecule has 0 saturated heterocycles. The summed E-state index contributed by atoms with van der Waals surface area (Å²) in [4.78, 5) is 34.5. The number of halogens is 2. The van der Waals surface area contributed by atoms with Crippen LogP contribution < -0.4 is 14.4 Å². The SMILES string of the molecule is COCCN(CCOC)C(=O)c1csc(N(C(=O)c2ccc(Cl)cc2Cl)c2ccc(OC)c(OC)c2)n1. The second-order valence-corrected chi connectivity index (χ2v) is 9.28. The summed E-state index contributed by atoms with van der Waals surface area (Å²) in [6, 6.07) is 9.62. The van der Waals surface area contributed by atoms with Gasteiger partial charge >= 0.3 is 0 Å². The van der Waals surface area contributed by atoms with Crippen LogP contribution in [0, 0.1) is 0 Å². The Morgan fingerprint density at radius 2 is 1.57 bits per heavy atom. The normalized spacial score (nSPS) is 10.8. The standard InChI is InChI=1S/C25H27Cl2N3O6S/c1-33-11-9-29(10-12-34-2)24(32)20-15-37-25(28-20)30(17-6-8-21(35-3)22(14-17)36-4)23(31)18-7-5-16(26)13-19(18)27/h5-8,13-15H,9-12H2,1-4H3. The molecular formula is C25H27Cl2N3O6S. The summed E-state index contributed by atoms with van der Waals surface area (Å²) >= 11 is 13.5. The van der Waals surface area contributed by atoms with Crippen molar-refractivity contribution in [1.29, 1.82) is 0 Å². The first kappa shape index (κ1) is 28.7. The lowest BCUT2D eigenvalue weighted by Gasteiger charge is -2.22. The monoisotopic (exact) mass is 567 g/mol. The number of benzene rings is 2. The van der Waals surface area contributed by atoms with Crippen LogP contribution >= 0.6 is 34.5 Å². The highest BCUT2D eigenvalue weighted by Crippen LogP contribution is 2.37. The van der Waals surface area contributed by atoms with Crippen molar-refractivity contribution >= 4 is 57.2 Å². The summed E-state index contributed by atoms with van der Waals surface area (Å²) in [5, 5.41) is 2.45. The highest BCUT2D eigenvalue weighted by molar-refractivity contribution is 7.14. The van der Waals surface area contributed by atoms with Crippen LogP contribution in [0.3, 0.4) is 0 Å². The summed E-state index contributed by atoms with van der Waals surface area (Å²) < 4.78 is 21.0. The number of nitrogens with zero attached hydrogens (tertiary/aromatic N) is 3. The van der Waals surface area contributed by atoms with Gasteiger partial charge in [-0.3, -0.25) is 14.5 Å². The van der Waals surface area contributed by atoms with Crippen molar-refractivity contribution in [2.75, 3.05) is 59.6 Å². The van der Waals surface area contributed by atoms with Gasteiger partial charge in [0.2, 0.25) is 0 Å². The summed E-state index contributed by atoms with van der Waals surface area (Å²) in [6.07, 6.45) is 0. The van der Waals surface area contributed by atoms with Crippen LogP contribution in [0.15, 0.2) is 41.8 Å². The van der Waals surface area contributed by atoms with Crippen molar-refractivity contribution in [2.24, 2.45) is 0 Å². The quantitative estimate of drug-likeness (QED) is 0.298. The summed E-state index contributed by atoms with van der Waals surface area (Å²) in [5.41, 5.74) is 0.844. The zero-order chi connectivity index (χ0) is 26.9. The second kappa shape index (κ2) is 13.6.